The Kier molecular flexibility index (Phi) is 4.26. The van der Waals surface area contributed by atoms with Crippen LogP contribution < -0.4 is 14.8 Å². The van der Waals surface area contributed by atoms with Crippen molar-refractivity contribution in [2.75, 3.05) is 24.9 Å². The highest BCUT2D eigenvalue weighted by molar-refractivity contribution is 7.93. The van der Waals surface area contributed by atoms with Crippen LogP contribution in [0, 0.1) is 5.82 Å². The van der Waals surface area contributed by atoms with E-state index in [2.05, 4.69) is 10.0 Å². The van der Waals surface area contributed by atoms with Crippen LogP contribution in [0.4, 0.5) is 10.1 Å². The molecule has 0 aromatic heterocycles. The summed E-state index contributed by atoms with van der Waals surface area (Å²) < 4.78 is 45.0. The number of hydrogen-bond acceptors (Lipinski definition) is 4. The number of benzene rings is 1. The van der Waals surface area contributed by atoms with Gasteiger partial charge in [-0.25, -0.2) is 12.8 Å². The summed E-state index contributed by atoms with van der Waals surface area (Å²) in [4.78, 5) is 0. The third-order valence-corrected chi connectivity index (χ3v) is 4.99. The quantitative estimate of drug-likeness (QED) is 0.877. The summed E-state index contributed by atoms with van der Waals surface area (Å²) in [7, 11) is -2.10. The van der Waals surface area contributed by atoms with Crippen LogP contribution in [-0.2, 0) is 10.0 Å². The van der Waals surface area contributed by atoms with Gasteiger partial charge >= 0.3 is 0 Å². The molecular formula is C12H17FN2O3S. The van der Waals surface area contributed by atoms with Gasteiger partial charge in [0, 0.05) is 6.07 Å². The number of piperidine rings is 1. The molecule has 1 fully saturated rings. The summed E-state index contributed by atoms with van der Waals surface area (Å²) >= 11 is 0. The molecule has 1 aromatic carbocycles. The molecular weight excluding hydrogens is 271 g/mol. The second-order valence-electron chi connectivity index (χ2n) is 4.44. The molecule has 0 unspecified atom stereocenters. The maximum atomic E-state index is 13.1. The maximum Gasteiger partial charge on any atom is 0.235 e. The van der Waals surface area contributed by atoms with Gasteiger partial charge in [0.25, 0.3) is 0 Å². The fraction of sp³-hybridized carbons (Fsp3) is 0.500. The van der Waals surface area contributed by atoms with Crippen molar-refractivity contribution in [2.45, 2.75) is 18.1 Å². The molecule has 5 nitrogen and oxygen atoms in total. The predicted molar refractivity (Wildman–Crippen MR) is 71.4 cm³/mol. The van der Waals surface area contributed by atoms with Gasteiger partial charge < -0.3 is 10.1 Å². The minimum absolute atomic E-state index is 0.178. The summed E-state index contributed by atoms with van der Waals surface area (Å²) in [5.74, 6) is -0.292. The first-order valence-electron chi connectivity index (χ1n) is 6.09. The van der Waals surface area contributed by atoms with Gasteiger partial charge in [-0.1, -0.05) is 0 Å². The van der Waals surface area contributed by atoms with Crippen LogP contribution in [-0.4, -0.2) is 33.9 Å². The fourth-order valence-electron chi connectivity index (χ4n) is 2.09. The van der Waals surface area contributed by atoms with Crippen LogP contribution in [0.15, 0.2) is 18.2 Å². The highest BCUT2D eigenvalue weighted by Crippen LogP contribution is 2.27. The number of ether oxygens (including phenoxy) is 1. The molecule has 0 saturated carbocycles. The third kappa shape index (κ3) is 3.36. The highest BCUT2D eigenvalue weighted by Gasteiger charge is 2.27. The molecule has 19 heavy (non-hydrogen) atoms. The van der Waals surface area contributed by atoms with E-state index in [0.717, 1.165) is 6.07 Å². The zero-order valence-electron chi connectivity index (χ0n) is 10.6. The number of rotatable bonds is 4. The lowest BCUT2D eigenvalue weighted by molar-refractivity contribution is 0.413. The first kappa shape index (κ1) is 14.1. The van der Waals surface area contributed by atoms with Crippen LogP contribution in [0.1, 0.15) is 12.8 Å². The van der Waals surface area contributed by atoms with Crippen LogP contribution in [0.5, 0.6) is 5.75 Å². The van der Waals surface area contributed by atoms with E-state index in [1.807, 2.05) is 0 Å². The lowest BCUT2D eigenvalue weighted by atomic mass is 10.2. The molecule has 2 N–H and O–H groups in total. The van der Waals surface area contributed by atoms with E-state index in [1.54, 1.807) is 0 Å². The van der Waals surface area contributed by atoms with Gasteiger partial charge in [0.1, 0.15) is 11.6 Å². The van der Waals surface area contributed by atoms with Gasteiger partial charge in [-0.3, -0.25) is 4.72 Å². The van der Waals surface area contributed by atoms with Gasteiger partial charge in [0.2, 0.25) is 10.0 Å². The Balaban J connectivity index is 2.19. The minimum Gasteiger partial charge on any atom is -0.494 e. The molecule has 0 amide bonds. The average Bonchev–Trinajstić information content (AvgIpc) is 2.41. The zero-order chi connectivity index (χ0) is 13.9. The molecule has 1 saturated heterocycles. The SMILES string of the molecule is COc1cc(F)ccc1NS(=O)(=O)C1CCNCC1. The van der Waals surface area contributed by atoms with E-state index >= 15 is 0 Å². The lowest BCUT2D eigenvalue weighted by Crippen LogP contribution is -2.38. The molecule has 0 spiro atoms. The average molecular weight is 288 g/mol. The van der Waals surface area contributed by atoms with E-state index in [-0.39, 0.29) is 11.4 Å². The van der Waals surface area contributed by atoms with Crippen molar-refractivity contribution in [3.05, 3.63) is 24.0 Å². The first-order valence-corrected chi connectivity index (χ1v) is 7.63. The number of anilines is 1. The van der Waals surface area contributed by atoms with Crippen molar-refractivity contribution in [3.63, 3.8) is 0 Å². The Morgan fingerprint density at radius 2 is 2.05 bits per heavy atom. The van der Waals surface area contributed by atoms with Gasteiger partial charge in [0.05, 0.1) is 18.0 Å². The molecule has 1 aliphatic rings. The third-order valence-electron chi connectivity index (χ3n) is 3.14. The summed E-state index contributed by atoms with van der Waals surface area (Å²) in [5, 5.41) is 2.69. The molecule has 2 rings (SSSR count). The predicted octanol–water partition coefficient (Wildman–Crippen LogP) is 1.33. The van der Waals surface area contributed by atoms with Crippen molar-refractivity contribution < 1.29 is 17.5 Å². The topological polar surface area (TPSA) is 67.4 Å². The Morgan fingerprint density at radius 1 is 1.37 bits per heavy atom. The Bertz CT molecular complexity index is 542. The van der Waals surface area contributed by atoms with Crippen LogP contribution in [0.3, 0.4) is 0 Å². The van der Waals surface area contributed by atoms with Crippen LogP contribution in [0.2, 0.25) is 0 Å². The molecule has 1 aliphatic heterocycles. The number of nitrogens with one attached hydrogen (secondary N) is 2. The Morgan fingerprint density at radius 3 is 2.68 bits per heavy atom. The van der Waals surface area contributed by atoms with Gasteiger partial charge in [-0.15, -0.1) is 0 Å². The van der Waals surface area contributed by atoms with Crippen molar-refractivity contribution in [1.29, 1.82) is 0 Å². The van der Waals surface area contributed by atoms with Crippen LogP contribution in [0.25, 0.3) is 0 Å². The first-order chi connectivity index (χ1) is 9.03. The molecule has 0 bridgehead atoms. The number of methoxy groups -OCH3 is 1. The van der Waals surface area contributed by atoms with Gasteiger partial charge in [0.15, 0.2) is 0 Å². The highest BCUT2D eigenvalue weighted by atomic mass is 32.2. The van der Waals surface area contributed by atoms with Crippen molar-refractivity contribution in [3.8, 4) is 5.75 Å². The summed E-state index contributed by atoms with van der Waals surface area (Å²) in [6.45, 7) is 1.37. The molecule has 0 aliphatic carbocycles. The van der Waals surface area contributed by atoms with E-state index < -0.39 is 21.1 Å². The number of hydrogen-bond donors (Lipinski definition) is 2. The van der Waals surface area contributed by atoms with E-state index in [0.29, 0.717) is 25.9 Å². The van der Waals surface area contributed by atoms with Crippen molar-refractivity contribution in [2.24, 2.45) is 0 Å². The largest absolute Gasteiger partial charge is 0.494 e. The second-order valence-corrected chi connectivity index (χ2v) is 6.40. The number of sulfonamides is 1. The molecule has 1 aromatic rings. The van der Waals surface area contributed by atoms with Crippen molar-refractivity contribution in [1.82, 2.24) is 5.32 Å². The minimum atomic E-state index is -3.47. The van der Waals surface area contributed by atoms with E-state index in [9.17, 15) is 12.8 Å². The Labute approximate surface area is 112 Å². The second kappa shape index (κ2) is 5.75. The lowest BCUT2D eigenvalue weighted by Gasteiger charge is -2.23. The molecule has 1 heterocycles. The van der Waals surface area contributed by atoms with Gasteiger partial charge in [-0.05, 0) is 38.1 Å². The van der Waals surface area contributed by atoms with Gasteiger partial charge in [-0.2, -0.15) is 0 Å². The molecule has 0 radical (unpaired) electrons. The Hall–Kier alpha value is -1.34. The standard InChI is InChI=1S/C12H17FN2O3S/c1-18-12-8-9(13)2-3-11(12)15-19(16,17)10-4-6-14-7-5-10/h2-3,8,10,14-15H,4-7H2,1H3. The molecule has 0 atom stereocenters. The smallest absolute Gasteiger partial charge is 0.235 e. The fourth-order valence-corrected chi connectivity index (χ4v) is 3.59. The summed E-state index contributed by atoms with van der Waals surface area (Å²) in [6, 6.07) is 3.72. The summed E-state index contributed by atoms with van der Waals surface area (Å²) in [6.07, 6.45) is 1.14. The van der Waals surface area contributed by atoms with Crippen LogP contribution >= 0.6 is 0 Å². The monoisotopic (exact) mass is 288 g/mol. The van der Waals surface area contributed by atoms with Crippen molar-refractivity contribution >= 4 is 15.7 Å². The van der Waals surface area contributed by atoms with E-state index in [1.165, 1.54) is 19.2 Å². The normalized spacial score (nSPS) is 17.2. The number of halogens is 1. The van der Waals surface area contributed by atoms with E-state index in [4.69, 9.17) is 4.74 Å². The zero-order valence-corrected chi connectivity index (χ0v) is 11.5. The summed E-state index contributed by atoms with van der Waals surface area (Å²) in [5.41, 5.74) is 0.266. The molecule has 106 valence electrons. The maximum absolute atomic E-state index is 13.1. The molecule has 7 heteroatoms.